The molecule has 1 amide bonds. The summed E-state index contributed by atoms with van der Waals surface area (Å²) in [5.41, 5.74) is 5.73. The van der Waals surface area contributed by atoms with Gasteiger partial charge in [0.1, 0.15) is 0 Å². The number of carbonyl (C=O) groups excluding carboxylic acids is 1. The van der Waals surface area contributed by atoms with E-state index in [9.17, 15) is 4.79 Å². The summed E-state index contributed by atoms with van der Waals surface area (Å²) < 4.78 is 0.802. The van der Waals surface area contributed by atoms with Crippen LogP contribution >= 0.6 is 22.9 Å². The van der Waals surface area contributed by atoms with Crippen molar-refractivity contribution in [1.29, 1.82) is 0 Å². The number of amides is 1. The maximum absolute atomic E-state index is 11.7. The summed E-state index contributed by atoms with van der Waals surface area (Å²) in [6.07, 6.45) is 2.70. The van der Waals surface area contributed by atoms with Gasteiger partial charge < -0.3 is 10.6 Å². The predicted molar refractivity (Wildman–Crippen MR) is 66.8 cm³/mol. The third-order valence-electron chi connectivity index (χ3n) is 2.83. The van der Waals surface area contributed by atoms with Gasteiger partial charge in [-0.2, -0.15) is 0 Å². The van der Waals surface area contributed by atoms with Crippen LogP contribution in [-0.2, 0) is 11.2 Å². The number of piperidine rings is 1. The van der Waals surface area contributed by atoms with Crippen LogP contribution in [0.1, 0.15) is 17.7 Å². The van der Waals surface area contributed by atoms with Crippen molar-refractivity contribution in [2.75, 3.05) is 13.1 Å². The monoisotopic (exact) mass is 258 g/mol. The van der Waals surface area contributed by atoms with Crippen LogP contribution in [0, 0.1) is 0 Å². The first-order valence-electron chi connectivity index (χ1n) is 5.45. The third kappa shape index (κ3) is 2.75. The number of thiophene rings is 1. The number of rotatable bonds is 3. The van der Waals surface area contributed by atoms with Gasteiger partial charge in [0.25, 0.3) is 0 Å². The molecular formula is C11H15ClN2OS. The van der Waals surface area contributed by atoms with Crippen LogP contribution in [0.25, 0.3) is 0 Å². The Morgan fingerprint density at radius 1 is 1.56 bits per heavy atom. The molecule has 1 aromatic rings. The molecule has 2 N–H and O–H groups in total. The zero-order valence-electron chi connectivity index (χ0n) is 8.99. The normalized spacial score (nSPS) is 21.5. The molecule has 1 atom stereocenters. The smallest absolute Gasteiger partial charge is 0.239 e. The quantitative estimate of drug-likeness (QED) is 0.900. The first-order chi connectivity index (χ1) is 7.66. The van der Waals surface area contributed by atoms with Crippen molar-refractivity contribution in [2.24, 2.45) is 5.73 Å². The Bertz CT molecular complexity index is 380. The van der Waals surface area contributed by atoms with E-state index >= 15 is 0 Å². The van der Waals surface area contributed by atoms with E-state index in [0.717, 1.165) is 36.7 Å². The van der Waals surface area contributed by atoms with Gasteiger partial charge in [0.2, 0.25) is 5.91 Å². The summed E-state index contributed by atoms with van der Waals surface area (Å²) in [7, 11) is 0. The average Bonchev–Trinajstić information content (AvgIpc) is 2.67. The largest absolute Gasteiger partial charge is 0.341 e. The van der Waals surface area contributed by atoms with Crippen molar-refractivity contribution in [1.82, 2.24) is 4.90 Å². The molecule has 5 heteroatoms. The van der Waals surface area contributed by atoms with Gasteiger partial charge in [-0.3, -0.25) is 4.79 Å². The minimum atomic E-state index is -0.291. The topological polar surface area (TPSA) is 46.3 Å². The van der Waals surface area contributed by atoms with Crippen molar-refractivity contribution >= 4 is 28.8 Å². The molecule has 1 unspecified atom stereocenters. The fourth-order valence-corrected chi connectivity index (χ4v) is 3.00. The molecule has 3 nitrogen and oxygen atoms in total. The Morgan fingerprint density at radius 3 is 3.06 bits per heavy atom. The van der Waals surface area contributed by atoms with Gasteiger partial charge in [0, 0.05) is 18.0 Å². The summed E-state index contributed by atoms with van der Waals surface area (Å²) in [4.78, 5) is 14.8. The number of carbonyl (C=O) groups is 1. The molecule has 0 saturated carbocycles. The lowest BCUT2D eigenvalue weighted by molar-refractivity contribution is -0.134. The summed E-state index contributed by atoms with van der Waals surface area (Å²) >= 11 is 7.43. The van der Waals surface area contributed by atoms with Crippen LogP contribution in [0.15, 0.2) is 12.1 Å². The van der Waals surface area contributed by atoms with E-state index in [-0.39, 0.29) is 11.9 Å². The van der Waals surface area contributed by atoms with Gasteiger partial charge in [0.05, 0.1) is 10.4 Å². The number of halogens is 1. The van der Waals surface area contributed by atoms with Crippen molar-refractivity contribution in [3.05, 3.63) is 21.3 Å². The standard InChI is InChI=1S/C11H15ClN2OS/c12-10-4-3-8(16-10)5-7-14-6-1-2-9(13)11(14)15/h3-4,9H,1-2,5-7,13H2. The fraction of sp³-hybridized carbons (Fsp3) is 0.545. The lowest BCUT2D eigenvalue weighted by atomic mass is 10.1. The lowest BCUT2D eigenvalue weighted by Crippen LogP contribution is -2.48. The number of hydrogen-bond donors (Lipinski definition) is 1. The summed E-state index contributed by atoms with van der Waals surface area (Å²) in [6, 6.07) is 3.62. The van der Waals surface area contributed by atoms with Crippen LogP contribution in [0.5, 0.6) is 0 Å². The molecule has 2 rings (SSSR count). The van der Waals surface area contributed by atoms with Gasteiger partial charge in [-0.25, -0.2) is 0 Å². The third-order valence-corrected chi connectivity index (χ3v) is 4.12. The number of nitrogens with two attached hydrogens (primary N) is 1. The van der Waals surface area contributed by atoms with Crippen LogP contribution < -0.4 is 5.73 Å². The molecule has 16 heavy (non-hydrogen) atoms. The van der Waals surface area contributed by atoms with Crippen molar-refractivity contribution in [2.45, 2.75) is 25.3 Å². The summed E-state index contributed by atoms with van der Waals surface area (Å²) in [5.74, 6) is 0.0916. The van der Waals surface area contributed by atoms with E-state index in [1.54, 1.807) is 11.3 Å². The van der Waals surface area contributed by atoms with Gasteiger partial charge in [0.15, 0.2) is 0 Å². The van der Waals surface area contributed by atoms with Crippen LogP contribution in [0.3, 0.4) is 0 Å². The van der Waals surface area contributed by atoms with Gasteiger partial charge in [-0.05, 0) is 31.4 Å². The average molecular weight is 259 g/mol. The van der Waals surface area contributed by atoms with E-state index in [2.05, 4.69) is 0 Å². The molecule has 1 aliphatic rings. The summed E-state index contributed by atoms with van der Waals surface area (Å²) in [6.45, 7) is 1.59. The zero-order chi connectivity index (χ0) is 11.5. The van der Waals surface area contributed by atoms with Crippen LogP contribution in [0.4, 0.5) is 0 Å². The zero-order valence-corrected chi connectivity index (χ0v) is 10.6. The minimum absolute atomic E-state index is 0.0916. The first kappa shape index (κ1) is 11.9. The molecule has 1 saturated heterocycles. The second-order valence-corrected chi connectivity index (χ2v) is 5.83. The lowest BCUT2D eigenvalue weighted by Gasteiger charge is -2.30. The maximum atomic E-state index is 11.7. The molecule has 0 aliphatic carbocycles. The second-order valence-electron chi connectivity index (χ2n) is 4.03. The highest BCUT2D eigenvalue weighted by atomic mass is 35.5. The molecule has 0 bridgehead atoms. The van der Waals surface area contributed by atoms with E-state index in [0.29, 0.717) is 0 Å². The molecule has 1 fully saturated rings. The molecule has 0 radical (unpaired) electrons. The fourth-order valence-electron chi connectivity index (χ4n) is 1.92. The minimum Gasteiger partial charge on any atom is -0.341 e. The highest BCUT2D eigenvalue weighted by Gasteiger charge is 2.24. The summed E-state index contributed by atoms with van der Waals surface area (Å²) in [5, 5.41) is 0. The van der Waals surface area contributed by atoms with Crippen molar-refractivity contribution in [3.63, 3.8) is 0 Å². The van der Waals surface area contributed by atoms with Gasteiger partial charge in [-0.15, -0.1) is 11.3 Å². The van der Waals surface area contributed by atoms with E-state index in [1.807, 2.05) is 17.0 Å². The Balaban J connectivity index is 1.87. The molecule has 0 spiro atoms. The van der Waals surface area contributed by atoms with Crippen LogP contribution in [0.2, 0.25) is 4.34 Å². The Morgan fingerprint density at radius 2 is 2.38 bits per heavy atom. The molecule has 1 aliphatic heterocycles. The van der Waals surface area contributed by atoms with E-state index in [1.165, 1.54) is 4.88 Å². The molecule has 88 valence electrons. The van der Waals surface area contributed by atoms with E-state index in [4.69, 9.17) is 17.3 Å². The first-order valence-corrected chi connectivity index (χ1v) is 6.65. The van der Waals surface area contributed by atoms with Crippen molar-refractivity contribution < 1.29 is 4.79 Å². The maximum Gasteiger partial charge on any atom is 0.239 e. The number of hydrogen-bond acceptors (Lipinski definition) is 3. The second kappa shape index (κ2) is 5.17. The molecule has 2 heterocycles. The van der Waals surface area contributed by atoms with Gasteiger partial charge in [-0.1, -0.05) is 11.6 Å². The van der Waals surface area contributed by atoms with E-state index < -0.39 is 0 Å². The molecule has 1 aromatic heterocycles. The highest BCUT2D eigenvalue weighted by Crippen LogP contribution is 2.22. The SMILES string of the molecule is NC1CCCN(CCc2ccc(Cl)s2)C1=O. The molecular weight excluding hydrogens is 244 g/mol. The molecule has 0 aromatic carbocycles. The predicted octanol–water partition coefficient (Wildman–Crippen LogP) is 1.89. The Labute approximate surface area is 104 Å². The number of likely N-dealkylation sites (tertiary alicyclic amines) is 1. The highest BCUT2D eigenvalue weighted by molar-refractivity contribution is 7.16. The Kier molecular flexibility index (Phi) is 3.84. The van der Waals surface area contributed by atoms with Crippen molar-refractivity contribution in [3.8, 4) is 0 Å². The van der Waals surface area contributed by atoms with Gasteiger partial charge >= 0.3 is 0 Å². The van der Waals surface area contributed by atoms with Crippen LogP contribution in [-0.4, -0.2) is 29.9 Å². The number of nitrogens with zero attached hydrogens (tertiary/aromatic N) is 1. The Hall–Kier alpha value is -0.580.